The van der Waals surface area contributed by atoms with E-state index < -0.39 is 0 Å². The molecule has 1 amide bonds. The molecule has 6 heteroatoms. The smallest absolute Gasteiger partial charge is 0.258 e. The van der Waals surface area contributed by atoms with E-state index in [4.69, 9.17) is 4.74 Å². The van der Waals surface area contributed by atoms with Crippen LogP contribution in [0.2, 0.25) is 0 Å². The molecule has 0 unspecified atom stereocenters. The molecule has 0 radical (unpaired) electrons. The molecule has 0 fully saturated rings. The Hall–Kier alpha value is -2.63. The van der Waals surface area contributed by atoms with Gasteiger partial charge in [-0.3, -0.25) is 4.79 Å². The Kier molecular flexibility index (Phi) is 5.91. The Labute approximate surface area is 136 Å². The maximum absolute atomic E-state index is 12.2. The zero-order valence-electron chi connectivity index (χ0n) is 13.7. The van der Waals surface area contributed by atoms with E-state index in [1.165, 1.54) is 0 Å². The molecule has 0 saturated carbocycles. The second-order valence-electron chi connectivity index (χ2n) is 5.23. The predicted molar refractivity (Wildman–Crippen MR) is 91.2 cm³/mol. The third-order valence-electron chi connectivity index (χ3n) is 3.42. The lowest BCUT2D eigenvalue weighted by Gasteiger charge is -2.16. The SMILES string of the molecule is CCCCN(C)c1ncc(C(=O)Nc2cccc(OC)c2)cn1. The van der Waals surface area contributed by atoms with Crippen molar-refractivity contribution in [1.82, 2.24) is 9.97 Å². The number of rotatable bonds is 7. The van der Waals surface area contributed by atoms with Crippen LogP contribution in [0.25, 0.3) is 0 Å². The minimum Gasteiger partial charge on any atom is -0.497 e. The van der Waals surface area contributed by atoms with Crippen LogP contribution in [-0.2, 0) is 0 Å². The topological polar surface area (TPSA) is 67.4 Å². The second kappa shape index (κ2) is 8.12. The van der Waals surface area contributed by atoms with Crippen molar-refractivity contribution in [3.63, 3.8) is 0 Å². The van der Waals surface area contributed by atoms with Gasteiger partial charge in [0.2, 0.25) is 5.95 Å². The number of hydrogen-bond donors (Lipinski definition) is 1. The molecule has 0 atom stereocenters. The standard InChI is InChI=1S/C17H22N4O2/c1-4-5-9-21(2)17-18-11-13(12-19-17)16(22)20-14-7-6-8-15(10-14)23-3/h6-8,10-12H,4-5,9H2,1-3H3,(H,20,22). The number of anilines is 2. The number of unbranched alkanes of at least 4 members (excludes halogenated alkanes) is 1. The van der Waals surface area contributed by atoms with E-state index in [0.29, 0.717) is 22.9 Å². The average Bonchev–Trinajstić information content (AvgIpc) is 2.60. The quantitative estimate of drug-likeness (QED) is 0.851. The lowest BCUT2D eigenvalue weighted by Crippen LogP contribution is -2.21. The number of methoxy groups -OCH3 is 1. The molecule has 2 rings (SSSR count). The molecule has 0 aliphatic carbocycles. The van der Waals surface area contributed by atoms with Crippen molar-refractivity contribution in [2.24, 2.45) is 0 Å². The van der Waals surface area contributed by atoms with Gasteiger partial charge in [-0.25, -0.2) is 9.97 Å². The number of hydrogen-bond acceptors (Lipinski definition) is 5. The van der Waals surface area contributed by atoms with Crippen LogP contribution in [-0.4, -0.2) is 36.6 Å². The number of nitrogens with zero attached hydrogens (tertiary/aromatic N) is 3. The molecule has 0 saturated heterocycles. The molecule has 0 spiro atoms. The van der Waals surface area contributed by atoms with Gasteiger partial charge in [0.1, 0.15) is 5.75 Å². The molecule has 1 heterocycles. The van der Waals surface area contributed by atoms with E-state index in [9.17, 15) is 4.79 Å². The van der Waals surface area contributed by atoms with Crippen molar-refractivity contribution in [2.75, 3.05) is 30.9 Å². The molecule has 23 heavy (non-hydrogen) atoms. The van der Waals surface area contributed by atoms with Gasteiger partial charge in [0.05, 0.1) is 12.7 Å². The highest BCUT2D eigenvalue weighted by Gasteiger charge is 2.10. The summed E-state index contributed by atoms with van der Waals surface area (Å²) in [6, 6.07) is 7.19. The minimum atomic E-state index is -0.249. The van der Waals surface area contributed by atoms with E-state index >= 15 is 0 Å². The van der Waals surface area contributed by atoms with E-state index in [2.05, 4.69) is 22.2 Å². The number of carbonyl (C=O) groups is 1. The second-order valence-corrected chi connectivity index (χ2v) is 5.23. The Balaban J connectivity index is 2.02. The number of ether oxygens (including phenoxy) is 1. The summed E-state index contributed by atoms with van der Waals surface area (Å²) in [5.41, 5.74) is 1.08. The van der Waals surface area contributed by atoms with Gasteiger partial charge in [0.15, 0.2) is 0 Å². The van der Waals surface area contributed by atoms with Crippen LogP contribution in [0.3, 0.4) is 0 Å². The maximum atomic E-state index is 12.2. The first kappa shape index (κ1) is 16.7. The Morgan fingerprint density at radius 3 is 2.70 bits per heavy atom. The monoisotopic (exact) mass is 314 g/mol. The molecule has 0 aliphatic rings. The Morgan fingerprint density at radius 2 is 2.04 bits per heavy atom. The zero-order chi connectivity index (χ0) is 16.7. The van der Waals surface area contributed by atoms with Gasteiger partial charge < -0.3 is 15.0 Å². The zero-order valence-corrected chi connectivity index (χ0v) is 13.7. The summed E-state index contributed by atoms with van der Waals surface area (Å²) in [7, 11) is 3.53. The molecule has 1 aromatic carbocycles. The van der Waals surface area contributed by atoms with E-state index in [1.807, 2.05) is 24.1 Å². The Morgan fingerprint density at radius 1 is 1.30 bits per heavy atom. The molecule has 0 bridgehead atoms. The number of aromatic nitrogens is 2. The van der Waals surface area contributed by atoms with E-state index in [-0.39, 0.29) is 5.91 Å². The molecular weight excluding hydrogens is 292 g/mol. The summed E-state index contributed by atoms with van der Waals surface area (Å²) in [5.74, 6) is 1.06. The molecular formula is C17H22N4O2. The van der Waals surface area contributed by atoms with Crippen molar-refractivity contribution in [3.8, 4) is 5.75 Å². The normalized spacial score (nSPS) is 10.2. The highest BCUT2D eigenvalue weighted by atomic mass is 16.5. The van der Waals surface area contributed by atoms with Crippen molar-refractivity contribution >= 4 is 17.5 Å². The van der Waals surface area contributed by atoms with Gasteiger partial charge in [-0.05, 0) is 18.6 Å². The van der Waals surface area contributed by atoms with Crippen molar-refractivity contribution in [3.05, 3.63) is 42.2 Å². The summed E-state index contributed by atoms with van der Waals surface area (Å²) >= 11 is 0. The fraction of sp³-hybridized carbons (Fsp3) is 0.353. The predicted octanol–water partition coefficient (Wildman–Crippen LogP) is 2.97. The first-order chi connectivity index (χ1) is 11.1. The van der Waals surface area contributed by atoms with Gasteiger partial charge >= 0.3 is 0 Å². The number of carbonyl (C=O) groups excluding carboxylic acids is 1. The van der Waals surface area contributed by atoms with Crippen LogP contribution < -0.4 is 15.0 Å². The summed E-state index contributed by atoms with van der Waals surface area (Å²) in [5, 5.41) is 2.80. The molecule has 1 aromatic heterocycles. The lowest BCUT2D eigenvalue weighted by molar-refractivity contribution is 0.102. The van der Waals surface area contributed by atoms with Crippen molar-refractivity contribution in [2.45, 2.75) is 19.8 Å². The molecule has 2 aromatic rings. The van der Waals surface area contributed by atoms with Crippen LogP contribution >= 0.6 is 0 Å². The van der Waals surface area contributed by atoms with E-state index in [1.54, 1.807) is 31.6 Å². The minimum absolute atomic E-state index is 0.249. The number of benzene rings is 1. The maximum Gasteiger partial charge on any atom is 0.258 e. The summed E-state index contributed by atoms with van der Waals surface area (Å²) < 4.78 is 5.13. The van der Waals surface area contributed by atoms with Crippen LogP contribution in [0.5, 0.6) is 5.75 Å². The highest BCUT2D eigenvalue weighted by Crippen LogP contribution is 2.17. The molecule has 6 nitrogen and oxygen atoms in total. The van der Waals surface area contributed by atoms with Crippen LogP contribution in [0.15, 0.2) is 36.7 Å². The first-order valence-electron chi connectivity index (χ1n) is 7.62. The van der Waals surface area contributed by atoms with Gasteiger partial charge in [-0.1, -0.05) is 19.4 Å². The van der Waals surface area contributed by atoms with Crippen LogP contribution in [0, 0.1) is 0 Å². The van der Waals surface area contributed by atoms with Gasteiger partial charge in [0.25, 0.3) is 5.91 Å². The van der Waals surface area contributed by atoms with E-state index in [0.717, 1.165) is 19.4 Å². The third kappa shape index (κ3) is 4.67. The fourth-order valence-corrected chi connectivity index (χ4v) is 2.03. The van der Waals surface area contributed by atoms with Crippen molar-refractivity contribution < 1.29 is 9.53 Å². The summed E-state index contributed by atoms with van der Waals surface area (Å²) in [4.78, 5) is 22.7. The number of nitrogens with one attached hydrogen (secondary N) is 1. The lowest BCUT2D eigenvalue weighted by atomic mass is 10.2. The van der Waals surface area contributed by atoms with Crippen LogP contribution in [0.1, 0.15) is 30.1 Å². The average molecular weight is 314 g/mol. The summed E-state index contributed by atoms with van der Waals surface area (Å²) in [6.07, 6.45) is 5.28. The highest BCUT2D eigenvalue weighted by molar-refractivity contribution is 6.03. The van der Waals surface area contributed by atoms with Gasteiger partial charge in [-0.2, -0.15) is 0 Å². The number of amides is 1. The largest absolute Gasteiger partial charge is 0.497 e. The molecule has 122 valence electrons. The third-order valence-corrected chi connectivity index (χ3v) is 3.42. The van der Waals surface area contributed by atoms with Crippen LogP contribution in [0.4, 0.5) is 11.6 Å². The molecule has 0 aliphatic heterocycles. The Bertz CT molecular complexity index is 643. The van der Waals surface area contributed by atoms with Crippen molar-refractivity contribution in [1.29, 1.82) is 0 Å². The summed E-state index contributed by atoms with van der Waals surface area (Å²) in [6.45, 7) is 3.03. The van der Waals surface area contributed by atoms with Gasteiger partial charge in [-0.15, -0.1) is 0 Å². The van der Waals surface area contributed by atoms with Gasteiger partial charge in [0, 0.05) is 37.7 Å². The first-order valence-corrected chi connectivity index (χ1v) is 7.62. The molecule has 1 N–H and O–H groups in total. The fourth-order valence-electron chi connectivity index (χ4n) is 2.03.